The molecule has 0 N–H and O–H groups in total. The molecule has 0 amide bonds. The Morgan fingerprint density at radius 2 is 1.81 bits per heavy atom. The lowest BCUT2D eigenvalue weighted by Gasteiger charge is -2.35. The van der Waals surface area contributed by atoms with Gasteiger partial charge in [0.05, 0.1) is 6.10 Å². The number of benzene rings is 1. The lowest BCUT2D eigenvalue weighted by molar-refractivity contribution is 0.0334. The topological polar surface area (TPSA) is 15.7 Å². The van der Waals surface area contributed by atoms with Crippen molar-refractivity contribution in [2.75, 3.05) is 33.3 Å². The maximum absolute atomic E-state index is 5.47. The number of rotatable bonds is 5. The Kier molecular flexibility index (Phi) is 5.28. The molecule has 0 aliphatic carbocycles. The molecule has 0 saturated carbocycles. The second-order valence-corrected chi connectivity index (χ2v) is 6.49. The largest absolute Gasteiger partial charge is 0.381 e. The van der Waals surface area contributed by atoms with Crippen LogP contribution in [0.2, 0.25) is 0 Å². The summed E-state index contributed by atoms with van der Waals surface area (Å²) in [4.78, 5) is 5.32. The van der Waals surface area contributed by atoms with Crippen molar-refractivity contribution in [3.63, 3.8) is 0 Å². The van der Waals surface area contributed by atoms with Crippen molar-refractivity contribution in [2.24, 2.45) is 0 Å². The third-order valence-corrected chi connectivity index (χ3v) is 5.06. The van der Waals surface area contributed by atoms with Crippen molar-refractivity contribution in [1.82, 2.24) is 9.80 Å². The third-order valence-electron chi connectivity index (χ3n) is 5.06. The van der Waals surface area contributed by atoms with Gasteiger partial charge in [-0.05, 0) is 37.8 Å². The molecule has 1 atom stereocenters. The molecule has 0 aromatic heterocycles. The number of hydrogen-bond donors (Lipinski definition) is 0. The molecule has 0 bridgehead atoms. The molecule has 2 aliphatic heterocycles. The van der Waals surface area contributed by atoms with Crippen LogP contribution in [-0.2, 0) is 11.3 Å². The van der Waals surface area contributed by atoms with Gasteiger partial charge in [-0.2, -0.15) is 0 Å². The smallest absolute Gasteiger partial charge is 0.0595 e. The summed E-state index contributed by atoms with van der Waals surface area (Å²) >= 11 is 0. The summed E-state index contributed by atoms with van der Waals surface area (Å²) in [6.45, 7) is 6.01. The maximum Gasteiger partial charge on any atom is 0.0595 e. The van der Waals surface area contributed by atoms with Crippen LogP contribution in [0.5, 0.6) is 0 Å². The van der Waals surface area contributed by atoms with E-state index in [-0.39, 0.29) is 0 Å². The molecule has 21 heavy (non-hydrogen) atoms. The van der Waals surface area contributed by atoms with E-state index in [4.69, 9.17) is 4.74 Å². The van der Waals surface area contributed by atoms with Crippen molar-refractivity contribution in [2.45, 2.75) is 44.4 Å². The summed E-state index contributed by atoms with van der Waals surface area (Å²) in [6.07, 6.45) is 5.60. The minimum absolute atomic E-state index is 0.491. The van der Waals surface area contributed by atoms with Crippen LogP contribution in [0.3, 0.4) is 0 Å². The van der Waals surface area contributed by atoms with Crippen LogP contribution in [0, 0.1) is 0 Å². The Bertz CT molecular complexity index is 414. The number of piperidine rings is 1. The van der Waals surface area contributed by atoms with Gasteiger partial charge in [-0.15, -0.1) is 0 Å². The molecule has 0 radical (unpaired) electrons. The van der Waals surface area contributed by atoms with Crippen LogP contribution in [0.1, 0.15) is 31.2 Å². The first-order valence-corrected chi connectivity index (χ1v) is 8.38. The molecule has 1 aromatic carbocycles. The van der Waals surface area contributed by atoms with E-state index in [9.17, 15) is 0 Å². The normalized spacial score (nSPS) is 25.5. The Labute approximate surface area is 128 Å². The quantitative estimate of drug-likeness (QED) is 0.828. The third kappa shape index (κ3) is 4.06. The predicted molar refractivity (Wildman–Crippen MR) is 86.3 cm³/mol. The molecule has 2 heterocycles. The Balaban J connectivity index is 1.50. The molecular formula is C18H28N2O. The number of nitrogens with zero attached hydrogens (tertiary/aromatic N) is 2. The van der Waals surface area contributed by atoms with Gasteiger partial charge >= 0.3 is 0 Å². The highest BCUT2D eigenvalue weighted by molar-refractivity contribution is 5.14. The van der Waals surface area contributed by atoms with Crippen molar-refractivity contribution < 1.29 is 4.74 Å². The van der Waals surface area contributed by atoms with E-state index >= 15 is 0 Å². The summed E-state index contributed by atoms with van der Waals surface area (Å²) in [7, 11) is 1.85. The summed E-state index contributed by atoms with van der Waals surface area (Å²) in [5, 5.41) is 0. The molecule has 2 fully saturated rings. The summed E-state index contributed by atoms with van der Waals surface area (Å²) in [6, 6.07) is 11.6. The van der Waals surface area contributed by atoms with Crippen molar-refractivity contribution >= 4 is 0 Å². The second-order valence-electron chi connectivity index (χ2n) is 6.49. The zero-order chi connectivity index (χ0) is 14.5. The molecule has 3 rings (SSSR count). The molecule has 0 spiro atoms. The van der Waals surface area contributed by atoms with Gasteiger partial charge in [0.2, 0.25) is 0 Å². The van der Waals surface area contributed by atoms with Gasteiger partial charge in [0.1, 0.15) is 0 Å². The van der Waals surface area contributed by atoms with Crippen LogP contribution in [0.15, 0.2) is 30.3 Å². The second kappa shape index (κ2) is 7.39. The minimum Gasteiger partial charge on any atom is -0.381 e. The summed E-state index contributed by atoms with van der Waals surface area (Å²) < 4.78 is 5.47. The lowest BCUT2D eigenvalue weighted by Crippen LogP contribution is -2.44. The molecular weight excluding hydrogens is 260 g/mol. The van der Waals surface area contributed by atoms with E-state index in [2.05, 4.69) is 40.1 Å². The van der Waals surface area contributed by atoms with E-state index < -0.39 is 0 Å². The van der Waals surface area contributed by atoms with E-state index in [0.717, 1.165) is 12.6 Å². The van der Waals surface area contributed by atoms with Crippen LogP contribution >= 0.6 is 0 Å². The zero-order valence-corrected chi connectivity index (χ0v) is 13.2. The van der Waals surface area contributed by atoms with Gasteiger partial charge in [-0.3, -0.25) is 4.90 Å². The molecule has 0 unspecified atom stereocenters. The number of methoxy groups -OCH3 is 1. The van der Waals surface area contributed by atoms with Crippen LogP contribution < -0.4 is 0 Å². The standard InChI is InChI=1S/C18H28N2O/c1-21-18-9-12-19(13-10-18)15-17-8-5-11-20(17)14-16-6-3-2-4-7-16/h2-4,6-7,17-18H,5,8-15H2,1H3/t17-/m1/s1. The van der Waals surface area contributed by atoms with Crippen molar-refractivity contribution in [3.8, 4) is 0 Å². The first-order valence-electron chi connectivity index (χ1n) is 8.38. The lowest BCUT2D eigenvalue weighted by atomic mass is 10.1. The fourth-order valence-electron chi connectivity index (χ4n) is 3.75. The highest BCUT2D eigenvalue weighted by Gasteiger charge is 2.28. The summed E-state index contributed by atoms with van der Waals surface area (Å²) in [5.41, 5.74) is 1.45. The Hall–Kier alpha value is -0.900. The van der Waals surface area contributed by atoms with E-state index in [1.165, 1.54) is 57.4 Å². The van der Waals surface area contributed by atoms with Gasteiger partial charge in [-0.1, -0.05) is 30.3 Å². The number of hydrogen-bond acceptors (Lipinski definition) is 3. The van der Waals surface area contributed by atoms with Gasteiger partial charge in [0.15, 0.2) is 0 Å². The highest BCUT2D eigenvalue weighted by atomic mass is 16.5. The Morgan fingerprint density at radius 3 is 2.52 bits per heavy atom. The van der Waals surface area contributed by atoms with E-state index in [0.29, 0.717) is 6.10 Å². The van der Waals surface area contributed by atoms with Gasteiger partial charge in [-0.25, -0.2) is 0 Å². The molecule has 116 valence electrons. The molecule has 1 aromatic rings. The fourth-order valence-corrected chi connectivity index (χ4v) is 3.75. The highest BCUT2D eigenvalue weighted by Crippen LogP contribution is 2.22. The molecule has 3 heteroatoms. The van der Waals surface area contributed by atoms with E-state index in [1.807, 2.05) is 7.11 Å². The molecule has 2 saturated heterocycles. The van der Waals surface area contributed by atoms with Crippen LogP contribution in [0.25, 0.3) is 0 Å². The summed E-state index contributed by atoms with van der Waals surface area (Å²) in [5.74, 6) is 0. The fraction of sp³-hybridized carbons (Fsp3) is 0.667. The van der Waals surface area contributed by atoms with Crippen LogP contribution in [-0.4, -0.2) is 55.2 Å². The van der Waals surface area contributed by atoms with E-state index in [1.54, 1.807) is 0 Å². The van der Waals surface area contributed by atoms with Crippen LogP contribution in [0.4, 0.5) is 0 Å². The first kappa shape index (κ1) is 15.0. The first-order chi connectivity index (χ1) is 10.3. The monoisotopic (exact) mass is 288 g/mol. The Morgan fingerprint density at radius 1 is 1.05 bits per heavy atom. The van der Waals surface area contributed by atoms with Gasteiger partial charge in [0, 0.05) is 39.3 Å². The molecule has 3 nitrogen and oxygen atoms in total. The van der Waals surface area contributed by atoms with Gasteiger partial charge in [0.25, 0.3) is 0 Å². The van der Waals surface area contributed by atoms with Crippen molar-refractivity contribution in [3.05, 3.63) is 35.9 Å². The van der Waals surface area contributed by atoms with Crippen molar-refractivity contribution in [1.29, 1.82) is 0 Å². The predicted octanol–water partition coefficient (Wildman–Crippen LogP) is 2.76. The SMILES string of the molecule is COC1CCN(C[C@H]2CCCN2Cc2ccccc2)CC1. The number of ether oxygens (including phenoxy) is 1. The average Bonchev–Trinajstić information content (AvgIpc) is 2.96. The maximum atomic E-state index is 5.47. The average molecular weight is 288 g/mol. The number of likely N-dealkylation sites (tertiary alicyclic amines) is 2. The molecule has 2 aliphatic rings. The minimum atomic E-state index is 0.491. The van der Waals surface area contributed by atoms with Gasteiger partial charge < -0.3 is 9.64 Å². The zero-order valence-electron chi connectivity index (χ0n) is 13.2.